The summed E-state index contributed by atoms with van der Waals surface area (Å²) in [7, 11) is 0. The van der Waals surface area contributed by atoms with Gasteiger partial charge in [-0.15, -0.1) is 0 Å². The van der Waals surface area contributed by atoms with E-state index in [1.54, 1.807) is 0 Å². The van der Waals surface area contributed by atoms with E-state index in [1.165, 1.54) is 0 Å². The first-order chi connectivity index (χ1) is 9.15. The molecule has 0 radical (unpaired) electrons. The maximum atomic E-state index is 9.79. The third-order valence-corrected chi connectivity index (χ3v) is 4.18. The average Bonchev–Trinajstić information content (AvgIpc) is 2.24. The topological polar surface area (TPSA) is 35.8 Å². The minimum absolute atomic E-state index is 0.156. The Morgan fingerprint density at radius 3 is 2.20 bits per heavy atom. The lowest BCUT2D eigenvalue weighted by molar-refractivity contribution is 0.0811. The van der Waals surface area contributed by atoms with Gasteiger partial charge in [-0.25, -0.2) is 0 Å². The van der Waals surface area contributed by atoms with Crippen LogP contribution in [-0.2, 0) is 0 Å². The molecule has 0 unspecified atom stereocenters. The second kappa shape index (κ2) is 4.97. The molecular formula is C17H23ClN2. The van der Waals surface area contributed by atoms with Crippen molar-refractivity contribution in [3.63, 3.8) is 0 Å². The van der Waals surface area contributed by atoms with Crippen LogP contribution < -0.4 is 5.32 Å². The Balaban J connectivity index is 2.32. The standard InChI is InChI=1S/C17H23ClN2/c1-15(2)9-16(3,4)11-17(10-15,12-19)20-14-7-5-6-13(18)8-14/h5-8,20H,9-11H2,1-4H3. The summed E-state index contributed by atoms with van der Waals surface area (Å²) in [4.78, 5) is 0. The van der Waals surface area contributed by atoms with Gasteiger partial charge in [-0.05, 0) is 48.3 Å². The molecule has 1 aromatic carbocycles. The predicted octanol–water partition coefficient (Wildman–Crippen LogP) is 5.25. The minimum Gasteiger partial charge on any atom is -0.367 e. The molecule has 0 amide bonds. The minimum atomic E-state index is -0.518. The van der Waals surface area contributed by atoms with Gasteiger partial charge in [0.25, 0.3) is 0 Å². The summed E-state index contributed by atoms with van der Waals surface area (Å²) in [6.45, 7) is 9.00. The van der Waals surface area contributed by atoms with Crippen molar-refractivity contribution < 1.29 is 0 Å². The van der Waals surface area contributed by atoms with Crippen LogP contribution in [0.4, 0.5) is 5.69 Å². The normalized spacial score (nSPS) is 22.8. The molecule has 0 heterocycles. The Labute approximate surface area is 127 Å². The molecule has 0 atom stereocenters. The summed E-state index contributed by atoms with van der Waals surface area (Å²) in [5, 5.41) is 13.9. The van der Waals surface area contributed by atoms with Crippen LogP contribution in [0.25, 0.3) is 0 Å². The summed E-state index contributed by atoms with van der Waals surface area (Å²) in [6, 6.07) is 10.2. The van der Waals surface area contributed by atoms with Crippen LogP contribution in [0.3, 0.4) is 0 Å². The number of halogens is 1. The van der Waals surface area contributed by atoms with Crippen molar-refractivity contribution in [2.75, 3.05) is 5.32 Å². The molecule has 0 spiro atoms. The number of hydrogen-bond donors (Lipinski definition) is 1. The van der Waals surface area contributed by atoms with E-state index >= 15 is 0 Å². The van der Waals surface area contributed by atoms with Gasteiger partial charge in [0, 0.05) is 10.7 Å². The molecule has 1 aliphatic carbocycles. The van der Waals surface area contributed by atoms with E-state index in [9.17, 15) is 5.26 Å². The molecule has 3 heteroatoms. The largest absolute Gasteiger partial charge is 0.367 e. The zero-order valence-electron chi connectivity index (χ0n) is 12.8. The van der Waals surface area contributed by atoms with Crippen LogP contribution in [0.15, 0.2) is 24.3 Å². The maximum absolute atomic E-state index is 9.79. The molecule has 1 aromatic rings. The van der Waals surface area contributed by atoms with Crippen molar-refractivity contribution >= 4 is 17.3 Å². The molecule has 1 aliphatic rings. The maximum Gasteiger partial charge on any atom is 0.126 e. The lowest BCUT2D eigenvalue weighted by Gasteiger charge is -2.49. The summed E-state index contributed by atoms with van der Waals surface area (Å²) >= 11 is 6.04. The van der Waals surface area contributed by atoms with E-state index in [2.05, 4.69) is 39.1 Å². The molecule has 0 aliphatic heterocycles. The monoisotopic (exact) mass is 290 g/mol. The summed E-state index contributed by atoms with van der Waals surface area (Å²) in [5.74, 6) is 0. The Morgan fingerprint density at radius 1 is 1.10 bits per heavy atom. The zero-order chi connectivity index (χ0) is 15.0. The van der Waals surface area contributed by atoms with Crippen LogP contribution in [0.1, 0.15) is 47.0 Å². The van der Waals surface area contributed by atoms with E-state index < -0.39 is 5.54 Å². The lowest BCUT2D eigenvalue weighted by atomic mass is 9.58. The second-order valence-corrected chi connectivity index (χ2v) is 8.12. The first-order valence-electron chi connectivity index (χ1n) is 7.11. The fraction of sp³-hybridized carbons (Fsp3) is 0.588. The SMILES string of the molecule is CC1(C)CC(C)(C)CC(C#N)(Nc2cccc(Cl)c2)C1. The van der Waals surface area contributed by atoms with Crippen LogP contribution in [0.5, 0.6) is 0 Å². The van der Waals surface area contributed by atoms with E-state index in [4.69, 9.17) is 11.6 Å². The van der Waals surface area contributed by atoms with Gasteiger partial charge in [-0.2, -0.15) is 5.26 Å². The molecule has 0 saturated heterocycles. The molecule has 1 N–H and O–H groups in total. The first-order valence-corrected chi connectivity index (χ1v) is 7.48. The van der Waals surface area contributed by atoms with Crippen molar-refractivity contribution in [2.45, 2.75) is 52.5 Å². The number of anilines is 1. The highest BCUT2D eigenvalue weighted by atomic mass is 35.5. The average molecular weight is 291 g/mol. The number of nitrogens with zero attached hydrogens (tertiary/aromatic N) is 1. The Morgan fingerprint density at radius 2 is 1.70 bits per heavy atom. The highest BCUT2D eigenvalue weighted by molar-refractivity contribution is 6.30. The van der Waals surface area contributed by atoms with Gasteiger partial charge < -0.3 is 5.32 Å². The highest BCUT2D eigenvalue weighted by Gasteiger charge is 2.47. The molecule has 20 heavy (non-hydrogen) atoms. The number of nitrogens with one attached hydrogen (secondary N) is 1. The van der Waals surface area contributed by atoms with Gasteiger partial charge >= 0.3 is 0 Å². The lowest BCUT2D eigenvalue weighted by Crippen LogP contribution is -2.50. The fourth-order valence-corrected chi connectivity index (χ4v) is 4.35. The van der Waals surface area contributed by atoms with E-state index in [0.29, 0.717) is 5.02 Å². The van der Waals surface area contributed by atoms with Gasteiger partial charge in [-0.3, -0.25) is 0 Å². The third kappa shape index (κ3) is 3.46. The van der Waals surface area contributed by atoms with Gasteiger partial charge in [-0.1, -0.05) is 45.4 Å². The number of nitriles is 1. The van der Waals surface area contributed by atoms with E-state index in [1.807, 2.05) is 24.3 Å². The molecule has 108 valence electrons. The Kier molecular flexibility index (Phi) is 3.77. The Bertz CT molecular complexity index is 524. The van der Waals surface area contributed by atoms with E-state index in [-0.39, 0.29) is 10.8 Å². The molecule has 2 rings (SSSR count). The van der Waals surface area contributed by atoms with Crippen LogP contribution in [0, 0.1) is 22.2 Å². The van der Waals surface area contributed by atoms with Crippen LogP contribution in [-0.4, -0.2) is 5.54 Å². The predicted molar refractivity (Wildman–Crippen MR) is 84.8 cm³/mol. The quantitative estimate of drug-likeness (QED) is 0.807. The van der Waals surface area contributed by atoms with E-state index in [0.717, 1.165) is 24.9 Å². The van der Waals surface area contributed by atoms with Crippen molar-refractivity contribution in [2.24, 2.45) is 10.8 Å². The summed E-state index contributed by atoms with van der Waals surface area (Å²) < 4.78 is 0. The van der Waals surface area contributed by atoms with Crippen LogP contribution >= 0.6 is 11.6 Å². The Hall–Kier alpha value is -1.20. The number of rotatable bonds is 2. The van der Waals surface area contributed by atoms with Crippen LogP contribution in [0.2, 0.25) is 5.02 Å². The summed E-state index contributed by atoms with van der Waals surface area (Å²) in [5.41, 5.74) is 0.717. The molecule has 2 nitrogen and oxygen atoms in total. The van der Waals surface area contributed by atoms with Gasteiger partial charge in [0.15, 0.2) is 0 Å². The van der Waals surface area contributed by atoms with Gasteiger partial charge in [0.2, 0.25) is 0 Å². The highest BCUT2D eigenvalue weighted by Crippen LogP contribution is 2.50. The number of benzene rings is 1. The van der Waals surface area contributed by atoms with Crippen molar-refractivity contribution in [1.29, 1.82) is 5.26 Å². The fourth-order valence-electron chi connectivity index (χ4n) is 4.15. The van der Waals surface area contributed by atoms with Gasteiger partial charge in [0.05, 0.1) is 6.07 Å². The zero-order valence-corrected chi connectivity index (χ0v) is 13.5. The molecule has 1 fully saturated rings. The molecule has 0 bridgehead atoms. The molecule has 0 aromatic heterocycles. The number of hydrogen-bond acceptors (Lipinski definition) is 2. The summed E-state index contributed by atoms with van der Waals surface area (Å²) in [6.07, 6.45) is 2.85. The third-order valence-electron chi connectivity index (χ3n) is 3.94. The second-order valence-electron chi connectivity index (χ2n) is 7.69. The first kappa shape index (κ1) is 15.2. The van der Waals surface area contributed by atoms with Crippen molar-refractivity contribution in [3.05, 3.63) is 29.3 Å². The molecular weight excluding hydrogens is 268 g/mol. The smallest absolute Gasteiger partial charge is 0.126 e. The van der Waals surface area contributed by atoms with Crippen molar-refractivity contribution in [3.8, 4) is 6.07 Å². The molecule has 1 saturated carbocycles. The van der Waals surface area contributed by atoms with Gasteiger partial charge in [0.1, 0.15) is 5.54 Å². The van der Waals surface area contributed by atoms with Crippen molar-refractivity contribution in [1.82, 2.24) is 0 Å².